The van der Waals surface area contributed by atoms with E-state index in [-0.39, 0.29) is 0 Å². The third kappa shape index (κ3) is 3.17. The number of aromatic nitrogens is 1. The van der Waals surface area contributed by atoms with Gasteiger partial charge < -0.3 is 4.90 Å². The van der Waals surface area contributed by atoms with Gasteiger partial charge in [-0.25, -0.2) is 4.98 Å². The highest BCUT2D eigenvalue weighted by Crippen LogP contribution is 2.17. The van der Waals surface area contributed by atoms with Crippen LogP contribution in [0.25, 0.3) is 23.1 Å². The lowest BCUT2D eigenvalue weighted by Crippen LogP contribution is -2.07. The fraction of sp³-hybridized carbons (Fsp3) is 0.150. The number of hydrogen-bond acceptors (Lipinski definition) is 2. The molecular weight excluding hydrogens is 268 g/mol. The maximum absolute atomic E-state index is 4.68. The second kappa shape index (κ2) is 6.02. The average Bonchev–Trinajstić information content (AvgIpc) is 2.53. The first kappa shape index (κ1) is 14.3. The van der Waals surface area contributed by atoms with E-state index in [1.807, 2.05) is 14.1 Å². The van der Waals surface area contributed by atoms with E-state index in [1.165, 1.54) is 22.2 Å². The summed E-state index contributed by atoms with van der Waals surface area (Å²) in [6, 6.07) is 19.0. The molecule has 0 saturated carbocycles. The van der Waals surface area contributed by atoms with E-state index < -0.39 is 0 Å². The summed E-state index contributed by atoms with van der Waals surface area (Å²) in [5.41, 5.74) is 5.66. The van der Waals surface area contributed by atoms with Gasteiger partial charge in [-0.1, -0.05) is 35.9 Å². The van der Waals surface area contributed by atoms with Gasteiger partial charge in [0.15, 0.2) is 0 Å². The number of hydrogen-bond donors (Lipinski definition) is 0. The van der Waals surface area contributed by atoms with Crippen molar-refractivity contribution in [2.45, 2.75) is 6.92 Å². The highest BCUT2D eigenvalue weighted by Gasteiger charge is 1.97. The standard InChI is InChI=1S/C20H20N2/c1-15-4-13-20-17(14-15)8-10-18(21-20)9-5-16-6-11-19(12-7-16)22(2)3/h4-14H,1-3H3/b9-5+. The van der Waals surface area contributed by atoms with Crippen LogP contribution in [0.4, 0.5) is 5.69 Å². The minimum atomic E-state index is 0.980. The number of anilines is 1. The molecule has 0 atom stereocenters. The maximum Gasteiger partial charge on any atom is 0.0709 e. The monoisotopic (exact) mass is 288 g/mol. The van der Waals surface area contributed by atoms with Crippen molar-refractivity contribution in [3.8, 4) is 0 Å². The minimum Gasteiger partial charge on any atom is -0.378 e. The van der Waals surface area contributed by atoms with Gasteiger partial charge in [0, 0.05) is 25.2 Å². The van der Waals surface area contributed by atoms with E-state index in [4.69, 9.17) is 0 Å². The predicted octanol–water partition coefficient (Wildman–Crippen LogP) is 4.78. The maximum atomic E-state index is 4.68. The van der Waals surface area contributed by atoms with E-state index in [9.17, 15) is 0 Å². The van der Waals surface area contributed by atoms with Gasteiger partial charge in [-0.05, 0) is 48.9 Å². The van der Waals surface area contributed by atoms with Crippen molar-refractivity contribution >= 4 is 28.7 Å². The first-order valence-electron chi connectivity index (χ1n) is 7.45. The van der Waals surface area contributed by atoms with Crippen LogP contribution in [0, 0.1) is 6.92 Å². The van der Waals surface area contributed by atoms with Crippen molar-refractivity contribution in [3.63, 3.8) is 0 Å². The van der Waals surface area contributed by atoms with E-state index in [2.05, 4.69) is 83.6 Å². The van der Waals surface area contributed by atoms with Crippen LogP contribution < -0.4 is 4.90 Å². The SMILES string of the molecule is Cc1ccc2nc(/C=C/c3ccc(N(C)C)cc3)ccc2c1. The third-order valence-electron chi connectivity index (χ3n) is 3.72. The molecule has 0 unspecified atom stereocenters. The van der Waals surface area contributed by atoms with Gasteiger partial charge in [-0.2, -0.15) is 0 Å². The summed E-state index contributed by atoms with van der Waals surface area (Å²) in [5.74, 6) is 0. The molecule has 3 rings (SSSR count). The first-order chi connectivity index (χ1) is 10.6. The molecule has 0 spiro atoms. The number of pyridine rings is 1. The Hall–Kier alpha value is -2.61. The van der Waals surface area contributed by atoms with Crippen LogP contribution in [-0.4, -0.2) is 19.1 Å². The molecule has 2 aromatic carbocycles. The molecular formula is C20H20N2. The fourth-order valence-corrected chi connectivity index (χ4v) is 2.42. The van der Waals surface area contributed by atoms with Gasteiger partial charge in [-0.3, -0.25) is 0 Å². The summed E-state index contributed by atoms with van der Waals surface area (Å²) in [5, 5.41) is 1.19. The summed E-state index contributed by atoms with van der Waals surface area (Å²) in [4.78, 5) is 6.78. The first-order valence-corrected chi connectivity index (χ1v) is 7.45. The van der Waals surface area contributed by atoms with Crippen LogP contribution >= 0.6 is 0 Å². The molecule has 2 nitrogen and oxygen atoms in total. The van der Waals surface area contributed by atoms with Crippen molar-refractivity contribution in [1.82, 2.24) is 4.98 Å². The normalized spacial score (nSPS) is 11.2. The molecule has 2 heteroatoms. The molecule has 110 valence electrons. The fourth-order valence-electron chi connectivity index (χ4n) is 2.42. The molecule has 1 heterocycles. The molecule has 3 aromatic rings. The molecule has 0 fully saturated rings. The Kier molecular flexibility index (Phi) is 3.92. The molecule has 0 aliphatic heterocycles. The highest BCUT2D eigenvalue weighted by atomic mass is 15.1. The average molecular weight is 288 g/mol. The number of nitrogens with zero attached hydrogens (tertiary/aromatic N) is 2. The molecule has 0 bridgehead atoms. The lowest BCUT2D eigenvalue weighted by Gasteiger charge is -2.11. The number of aryl methyl sites for hydroxylation is 1. The van der Waals surface area contributed by atoms with Crippen LogP contribution in [0.15, 0.2) is 54.6 Å². The Morgan fingerprint density at radius 2 is 1.64 bits per heavy atom. The van der Waals surface area contributed by atoms with Gasteiger partial charge >= 0.3 is 0 Å². The van der Waals surface area contributed by atoms with Crippen molar-refractivity contribution in [1.29, 1.82) is 0 Å². The molecule has 0 aliphatic carbocycles. The van der Waals surface area contributed by atoms with E-state index in [0.29, 0.717) is 0 Å². The molecule has 1 aromatic heterocycles. The van der Waals surface area contributed by atoms with Crippen LogP contribution in [0.1, 0.15) is 16.8 Å². The van der Waals surface area contributed by atoms with Crippen molar-refractivity contribution in [2.24, 2.45) is 0 Å². The lowest BCUT2D eigenvalue weighted by molar-refractivity contribution is 1.13. The third-order valence-corrected chi connectivity index (χ3v) is 3.72. The quantitative estimate of drug-likeness (QED) is 0.689. The van der Waals surface area contributed by atoms with Crippen LogP contribution in [-0.2, 0) is 0 Å². The van der Waals surface area contributed by atoms with E-state index >= 15 is 0 Å². The molecule has 0 amide bonds. The van der Waals surface area contributed by atoms with Crippen molar-refractivity contribution in [3.05, 3.63) is 71.4 Å². The second-order valence-electron chi connectivity index (χ2n) is 5.75. The van der Waals surface area contributed by atoms with Gasteiger partial charge in [0.2, 0.25) is 0 Å². The Morgan fingerprint density at radius 1 is 0.864 bits per heavy atom. The van der Waals surface area contributed by atoms with Gasteiger partial charge in [0.25, 0.3) is 0 Å². The topological polar surface area (TPSA) is 16.1 Å². The molecule has 0 saturated heterocycles. The summed E-state index contributed by atoms with van der Waals surface area (Å²) in [6.45, 7) is 2.10. The van der Waals surface area contributed by atoms with Crippen LogP contribution in [0.2, 0.25) is 0 Å². The Balaban J connectivity index is 1.84. The van der Waals surface area contributed by atoms with Gasteiger partial charge in [0.1, 0.15) is 0 Å². The number of fused-ring (bicyclic) bond motifs is 1. The largest absolute Gasteiger partial charge is 0.378 e. The summed E-state index contributed by atoms with van der Waals surface area (Å²) >= 11 is 0. The number of rotatable bonds is 3. The zero-order valence-corrected chi connectivity index (χ0v) is 13.2. The second-order valence-corrected chi connectivity index (χ2v) is 5.75. The van der Waals surface area contributed by atoms with Crippen LogP contribution in [0.5, 0.6) is 0 Å². The Morgan fingerprint density at radius 3 is 2.36 bits per heavy atom. The molecule has 0 aliphatic rings. The zero-order chi connectivity index (χ0) is 15.5. The predicted molar refractivity (Wildman–Crippen MR) is 96.2 cm³/mol. The summed E-state index contributed by atoms with van der Waals surface area (Å²) in [6.07, 6.45) is 4.16. The van der Waals surface area contributed by atoms with Crippen molar-refractivity contribution < 1.29 is 0 Å². The van der Waals surface area contributed by atoms with E-state index in [1.54, 1.807) is 0 Å². The molecule has 0 radical (unpaired) electrons. The highest BCUT2D eigenvalue weighted by molar-refractivity contribution is 5.81. The summed E-state index contributed by atoms with van der Waals surface area (Å²) < 4.78 is 0. The number of benzene rings is 2. The molecule has 0 N–H and O–H groups in total. The van der Waals surface area contributed by atoms with Crippen LogP contribution in [0.3, 0.4) is 0 Å². The van der Waals surface area contributed by atoms with Gasteiger partial charge in [0.05, 0.1) is 11.2 Å². The smallest absolute Gasteiger partial charge is 0.0709 e. The lowest BCUT2D eigenvalue weighted by atomic mass is 10.1. The van der Waals surface area contributed by atoms with E-state index in [0.717, 1.165) is 11.2 Å². The minimum absolute atomic E-state index is 0.980. The Bertz CT molecular complexity index is 815. The Labute approximate surface area is 131 Å². The zero-order valence-electron chi connectivity index (χ0n) is 13.2. The summed E-state index contributed by atoms with van der Waals surface area (Å²) in [7, 11) is 4.09. The molecule has 22 heavy (non-hydrogen) atoms. The van der Waals surface area contributed by atoms with Crippen molar-refractivity contribution in [2.75, 3.05) is 19.0 Å². The van der Waals surface area contributed by atoms with Gasteiger partial charge in [-0.15, -0.1) is 0 Å².